The first kappa shape index (κ1) is 17.3. The Labute approximate surface area is 141 Å². The van der Waals surface area contributed by atoms with Crippen LogP contribution in [0.15, 0.2) is 24.3 Å². The fraction of sp³-hybridized carbons (Fsp3) is 0.412. The molecule has 1 aromatic heterocycles. The van der Waals surface area contributed by atoms with Gasteiger partial charge in [-0.25, -0.2) is 4.68 Å². The van der Waals surface area contributed by atoms with Crippen molar-refractivity contribution in [2.24, 2.45) is 0 Å². The summed E-state index contributed by atoms with van der Waals surface area (Å²) in [5, 5.41) is 7.83. The van der Waals surface area contributed by atoms with Crippen molar-refractivity contribution in [1.29, 1.82) is 0 Å². The third kappa shape index (κ3) is 4.05. The van der Waals surface area contributed by atoms with Gasteiger partial charge >= 0.3 is 0 Å². The Morgan fingerprint density at radius 3 is 2.74 bits per heavy atom. The van der Waals surface area contributed by atoms with Crippen molar-refractivity contribution in [3.8, 4) is 11.6 Å². The van der Waals surface area contributed by atoms with Crippen molar-refractivity contribution < 1.29 is 9.53 Å². The molecule has 6 heteroatoms. The molecule has 0 saturated heterocycles. The molecule has 0 fully saturated rings. The van der Waals surface area contributed by atoms with Gasteiger partial charge in [0.2, 0.25) is 11.8 Å². The van der Waals surface area contributed by atoms with E-state index in [2.05, 4.69) is 10.4 Å². The Kier molecular flexibility index (Phi) is 5.66. The number of halogens is 1. The first-order valence-electron chi connectivity index (χ1n) is 7.70. The monoisotopic (exact) mass is 335 g/mol. The molecule has 0 aliphatic rings. The van der Waals surface area contributed by atoms with Crippen LogP contribution >= 0.6 is 11.6 Å². The summed E-state index contributed by atoms with van der Waals surface area (Å²) in [5.74, 6) is 1.26. The van der Waals surface area contributed by atoms with Crippen LogP contribution in [0.2, 0.25) is 5.02 Å². The number of carbonyl (C=O) groups is 1. The van der Waals surface area contributed by atoms with Gasteiger partial charge in [-0.2, -0.15) is 5.10 Å². The van der Waals surface area contributed by atoms with E-state index in [1.807, 2.05) is 37.6 Å². The van der Waals surface area contributed by atoms with Crippen LogP contribution in [0.5, 0.6) is 11.6 Å². The standard InChI is InChI=1S/C17H22ClN3O2/c1-5-14-15(10-16(22)19-4)20-21(11(2)3)17(14)23-13-8-6-7-12(18)9-13/h6-9,11H,5,10H2,1-4H3,(H,19,22). The molecule has 124 valence electrons. The maximum absolute atomic E-state index is 11.7. The van der Waals surface area contributed by atoms with Crippen LogP contribution in [0.4, 0.5) is 0 Å². The number of aromatic nitrogens is 2. The van der Waals surface area contributed by atoms with Gasteiger partial charge in [-0.3, -0.25) is 4.79 Å². The molecule has 1 N–H and O–H groups in total. The minimum absolute atomic E-state index is 0.0672. The molecule has 2 aromatic rings. The maximum atomic E-state index is 11.7. The molecule has 0 unspecified atom stereocenters. The van der Waals surface area contributed by atoms with Gasteiger partial charge in [0, 0.05) is 17.6 Å². The highest BCUT2D eigenvalue weighted by Gasteiger charge is 2.21. The normalized spacial score (nSPS) is 10.9. The third-order valence-corrected chi connectivity index (χ3v) is 3.74. The second-order valence-corrected chi connectivity index (χ2v) is 5.97. The highest BCUT2D eigenvalue weighted by atomic mass is 35.5. The number of rotatable bonds is 6. The van der Waals surface area contributed by atoms with E-state index >= 15 is 0 Å². The van der Waals surface area contributed by atoms with E-state index < -0.39 is 0 Å². The molecule has 23 heavy (non-hydrogen) atoms. The minimum Gasteiger partial charge on any atom is -0.439 e. The summed E-state index contributed by atoms with van der Waals surface area (Å²) in [4.78, 5) is 11.7. The fourth-order valence-electron chi connectivity index (χ4n) is 2.34. The van der Waals surface area contributed by atoms with Crippen LogP contribution in [0.1, 0.15) is 38.1 Å². The smallest absolute Gasteiger partial charge is 0.225 e. The molecule has 0 aliphatic heterocycles. The molecule has 2 rings (SSSR count). The van der Waals surface area contributed by atoms with Crippen LogP contribution in [0.25, 0.3) is 0 Å². The summed E-state index contributed by atoms with van der Waals surface area (Å²) in [7, 11) is 1.62. The van der Waals surface area contributed by atoms with E-state index in [4.69, 9.17) is 16.3 Å². The van der Waals surface area contributed by atoms with Crippen LogP contribution < -0.4 is 10.1 Å². The van der Waals surface area contributed by atoms with Crippen molar-refractivity contribution in [2.45, 2.75) is 39.7 Å². The van der Waals surface area contributed by atoms with Crippen LogP contribution in [-0.2, 0) is 17.6 Å². The predicted octanol–water partition coefficient (Wildman–Crippen LogP) is 3.76. The highest BCUT2D eigenvalue weighted by Crippen LogP contribution is 2.32. The summed E-state index contributed by atoms with van der Waals surface area (Å²) in [6.07, 6.45) is 0.972. The molecular weight excluding hydrogens is 314 g/mol. The van der Waals surface area contributed by atoms with Gasteiger partial charge in [-0.1, -0.05) is 24.6 Å². The van der Waals surface area contributed by atoms with Crippen LogP contribution in [-0.4, -0.2) is 22.7 Å². The summed E-state index contributed by atoms with van der Waals surface area (Å²) in [6.45, 7) is 6.09. The predicted molar refractivity (Wildman–Crippen MR) is 91.3 cm³/mol. The summed E-state index contributed by atoms with van der Waals surface area (Å²) in [6, 6.07) is 7.36. The Hall–Kier alpha value is -2.01. The molecular formula is C17H22ClN3O2. The Balaban J connectivity index is 2.44. The van der Waals surface area contributed by atoms with Gasteiger partial charge in [0.05, 0.1) is 18.2 Å². The van der Waals surface area contributed by atoms with Crippen molar-refractivity contribution in [1.82, 2.24) is 15.1 Å². The Bertz CT molecular complexity index is 695. The van der Waals surface area contributed by atoms with E-state index in [1.54, 1.807) is 19.2 Å². The zero-order valence-corrected chi connectivity index (χ0v) is 14.6. The van der Waals surface area contributed by atoms with Gasteiger partial charge in [0.25, 0.3) is 0 Å². The maximum Gasteiger partial charge on any atom is 0.225 e. The average molecular weight is 336 g/mol. The Morgan fingerprint density at radius 2 is 2.17 bits per heavy atom. The fourth-order valence-corrected chi connectivity index (χ4v) is 2.52. The molecule has 0 spiro atoms. The highest BCUT2D eigenvalue weighted by molar-refractivity contribution is 6.30. The Morgan fingerprint density at radius 1 is 1.43 bits per heavy atom. The number of nitrogens with one attached hydrogen (secondary N) is 1. The van der Waals surface area contributed by atoms with E-state index in [-0.39, 0.29) is 18.4 Å². The molecule has 1 amide bonds. The molecule has 0 aliphatic carbocycles. The minimum atomic E-state index is -0.0672. The summed E-state index contributed by atoms with van der Waals surface area (Å²) >= 11 is 6.02. The van der Waals surface area contributed by atoms with E-state index in [0.29, 0.717) is 16.7 Å². The number of hydrogen-bond acceptors (Lipinski definition) is 3. The number of hydrogen-bond donors (Lipinski definition) is 1. The molecule has 1 aromatic carbocycles. The van der Waals surface area contributed by atoms with E-state index in [0.717, 1.165) is 17.7 Å². The van der Waals surface area contributed by atoms with E-state index in [1.165, 1.54) is 0 Å². The second kappa shape index (κ2) is 7.51. The van der Waals surface area contributed by atoms with Crippen molar-refractivity contribution >= 4 is 17.5 Å². The van der Waals surface area contributed by atoms with Crippen molar-refractivity contribution in [3.05, 3.63) is 40.5 Å². The van der Waals surface area contributed by atoms with Gasteiger partial charge in [-0.15, -0.1) is 0 Å². The quantitative estimate of drug-likeness (QED) is 0.874. The average Bonchev–Trinajstić information content (AvgIpc) is 2.84. The lowest BCUT2D eigenvalue weighted by Crippen LogP contribution is -2.20. The van der Waals surface area contributed by atoms with Gasteiger partial charge in [-0.05, 0) is 38.5 Å². The van der Waals surface area contributed by atoms with Crippen LogP contribution in [0.3, 0.4) is 0 Å². The molecule has 5 nitrogen and oxygen atoms in total. The number of nitrogens with zero attached hydrogens (tertiary/aromatic N) is 2. The zero-order chi connectivity index (χ0) is 17.0. The van der Waals surface area contributed by atoms with E-state index in [9.17, 15) is 4.79 Å². The number of amides is 1. The SMILES string of the molecule is CCc1c(CC(=O)NC)nn(C(C)C)c1Oc1cccc(Cl)c1. The topological polar surface area (TPSA) is 56.2 Å². The molecule has 0 saturated carbocycles. The molecule has 0 radical (unpaired) electrons. The third-order valence-electron chi connectivity index (χ3n) is 3.50. The first-order chi connectivity index (χ1) is 11.0. The van der Waals surface area contributed by atoms with Gasteiger partial charge < -0.3 is 10.1 Å². The summed E-state index contributed by atoms with van der Waals surface area (Å²) in [5.41, 5.74) is 1.69. The number of carbonyl (C=O) groups excluding carboxylic acids is 1. The first-order valence-corrected chi connectivity index (χ1v) is 8.08. The summed E-state index contributed by atoms with van der Waals surface area (Å²) < 4.78 is 7.87. The lowest BCUT2D eigenvalue weighted by molar-refractivity contribution is -0.120. The number of likely N-dealkylation sites (N-methyl/N-ethyl adjacent to an activating group) is 1. The van der Waals surface area contributed by atoms with Crippen molar-refractivity contribution in [3.63, 3.8) is 0 Å². The zero-order valence-electron chi connectivity index (χ0n) is 13.9. The van der Waals surface area contributed by atoms with Gasteiger partial charge in [0.1, 0.15) is 5.75 Å². The van der Waals surface area contributed by atoms with Gasteiger partial charge in [0.15, 0.2) is 0 Å². The molecule has 0 atom stereocenters. The van der Waals surface area contributed by atoms with Crippen molar-refractivity contribution in [2.75, 3.05) is 7.05 Å². The lowest BCUT2D eigenvalue weighted by atomic mass is 10.1. The lowest BCUT2D eigenvalue weighted by Gasteiger charge is -2.13. The second-order valence-electron chi connectivity index (χ2n) is 5.53. The number of benzene rings is 1. The molecule has 0 bridgehead atoms. The molecule has 1 heterocycles. The number of ether oxygens (including phenoxy) is 1. The van der Waals surface area contributed by atoms with Crippen LogP contribution in [0, 0.1) is 0 Å². The largest absolute Gasteiger partial charge is 0.439 e.